The van der Waals surface area contributed by atoms with E-state index in [1.807, 2.05) is 6.08 Å². The van der Waals surface area contributed by atoms with Crippen molar-refractivity contribution < 1.29 is 19.8 Å². The minimum atomic E-state index is -0.540. The molecule has 0 unspecified atom stereocenters. The summed E-state index contributed by atoms with van der Waals surface area (Å²) < 4.78 is 0. The number of allylic oxidation sites excluding steroid dienone is 22. The smallest absolute Gasteiger partial charge is 0.188 e. The quantitative estimate of drug-likeness (QED) is 0.0521. The topological polar surface area (TPSA) is 74.6 Å². The Morgan fingerprint density at radius 1 is 0.344 bits per heavy atom. The molecule has 1 aliphatic carbocycles. The van der Waals surface area contributed by atoms with Gasteiger partial charge in [0.1, 0.15) is 0 Å². The zero-order valence-electron chi connectivity index (χ0n) is 43.0. The van der Waals surface area contributed by atoms with Crippen LogP contribution in [0.2, 0.25) is 0 Å². The van der Waals surface area contributed by atoms with Crippen molar-refractivity contribution in [3.05, 3.63) is 139 Å². The summed E-state index contributed by atoms with van der Waals surface area (Å²) in [5.41, 5.74) is 15.4. The van der Waals surface area contributed by atoms with Gasteiger partial charge >= 0.3 is 0 Å². The van der Waals surface area contributed by atoms with E-state index in [9.17, 15) is 19.8 Å². The first kappa shape index (κ1) is 58.2. The highest BCUT2D eigenvalue weighted by Crippen LogP contribution is 2.28. The van der Waals surface area contributed by atoms with Crippen LogP contribution in [-0.2, 0) is 9.59 Å². The average Bonchev–Trinajstić information content (AvgIpc) is 3.24. The van der Waals surface area contributed by atoms with Crippen LogP contribution in [0.5, 0.6) is 0 Å². The molecule has 0 atom stereocenters. The van der Waals surface area contributed by atoms with E-state index in [2.05, 4.69) is 131 Å². The Morgan fingerprint density at radius 2 is 0.562 bits per heavy atom. The van der Waals surface area contributed by atoms with Crippen LogP contribution in [0.3, 0.4) is 0 Å². The van der Waals surface area contributed by atoms with Crippen LogP contribution in [0.25, 0.3) is 0 Å². The molecule has 0 heterocycles. The van der Waals surface area contributed by atoms with Crippen molar-refractivity contribution in [2.75, 3.05) is 13.2 Å². The third-order valence-electron chi connectivity index (χ3n) is 12.8. The minimum absolute atomic E-state index is 0.0157. The van der Waals surface area contributed by atoms with E-state index in [1.165, 1.54) is 69.4 Å². The molecule has 0 aromatic rings. The lowest BCUT2D eigenvalue weighted by molar-refractivity contribution is -0.117. The van der Waals surface area contributed by atoms with Crippen molar-refractivity contribution in [1.29, 1.82) is 0 Å². The van der Waals surface area contributed by atoms with E-state index in [1.54, 1.807) is 6.92 Å². The number of carbonyl (C=O) groups is 2. The number of carbonyl (C=O) groups excluding carboxylic acids is 2. The van der Waals surface area contributed by atoms with Crippen LogP contribution >= 0.6 is 0 Å². The molecule has 2 N–H and O–H groups in total. The molecule has 0 fully saturated rings. The fourth-order valence-electron chi connectivity index (χ4n) is 7.83. The highest BCUT2D eigenvalue weighted by molar-refractivity contribution is 6.25. The standard InChI is InChI=1S/C60H92O4/c1-13-45(2)23-14-24-46(3)25-15-26-47(4)27-16-28-48(5)29-17-30-49(6)31-18-32-50(7)33-19-34-51(8)35-20-36-52(9)37-21-38-53(10)39-22-40-54(11)41-42-56-55(12)59(63)57(43-61)58(44-62)60(56)64/h23,25,27,29,31,33,35,37,39,41,61-62H,13-22,24,26,28,30,32,34,36,38,40,42-44H2,1-12H3/b45-23+,46-25+,47-27+,48-29+,49-31+,50-33+,51-35+,52-37+,53-39+,54-41+. The van der Waals surface area contributed by atoms with Crippen molar-refractivity contribution in [3.63, 3.8) is 0 Å². The maximum Gasteiger partial charge on any atom is 0.188 e. The number of aliphatic hydroxyl groups is 2. The molecular formula is C60H92O4. The molecule has 0 aliphatic heterocycles. The molecule has 4 heteroatoms. The molecule has 64 heavy (non-hydrogen) atoms. The first-order chi connectivity index (χ1) is 30.5. The van der Waals surface area contributed by atoms with Crippen LogP contribution in [0.1, 0.15) is 212 Å². The summed E-state index contributed by atoms with van der Waals surface area (Å²) in [5, 5.41) is 19.1. The average molecular weight is 877 g/mol. The summed E-state index contributed by atoms with van der Waals surface area (Å²) >= 11 is 0. The van der Waals surface area contributed by atoms with E-state index in [4.69, 9.17) is 0 Å². The lowest BCUT2D eigenvalue weighted by atomic mass is 9.83. The molecule has 0 aromatic carbocycles. The van der Waals surface area contributed by atoms with Gasteiger partial charge in [0, 0.05) is 22.3 Å². The van der Waals surface area contributed by atoms with Gasteiger partial charge in [-0.3, -0.25) is 9.59 Å². The predicted molar refractivity (Wildman–Crippen MR) is 279 cm³/mol. The Hall–Kier alpha value is -3.86. The normalized spacial score (nSPS) is 16.3. The molecule has 356 valence electrons. The maximum absolute atomic E-state index is 12.8. The van der Waals surface area contributed by atoms with E-state index < -0.39 is 13.2 Å². The lowest BCUT2D eigenvalue weighted by Gasteiger charge is -2.20. The Balaban J connectivity index is 2.30. The molecule has 4 nitrogen and oxygen atoms in total. The zero-order chi connectivity index (χ0) is 47.9. The molecule has 0 saturated heterocycles. The molecule has 0 amide bonds. The maximum atomic E-state index is 12.8. The third-order valence-corrected chi connectivity index (χ3v) is 12.8. The second-order valence-corrected chi connectivity index (χ2v) is 18.9. The van der Waals surface area contributed by atoms with Crippen molar-refractivity contribution in [3.8, 4) is 0 Å². The number of hydrogen-bond acceptors (Lipinski definition) is 4. The van der Waals surface area contributed by atoms with Gasteiger partial charge in [-0.2, -0.15) is 0 Å². The van der Waals surface area contributed by atoms with Gasteiger partial charge in [-0.25, -0.2) is 0 Å². The summed E-state index contributed by atoms with van der Waals surface area (Å²) in [6.07, 6.45) is 45.2. The number of ketones is 2. The summed E-state index contributed by atoms with van der Waals surface area (Å²) in [6, 6.07) is 0. The van der Waals surface area contributed by atoms with E-state index >= 15 is 0 Å². The van der Waals surface area contributed by atoms with Crippen LogP contribution in [0.4, 0.5) is 0 Å². The second kappa shape index (κ2) is 34.5. The Kier molecular flexibility index (Phi) is 31.3. The summed E-state index contributed by atoms with van der Waals surface area (Å²) in [6.45, 7) is 25.2. The van der Waals surface area contributed by atoms with Crippen molar-refractivity contribution in [1.82, 2.24) is 0 Å². The SMILES string of the molecule is CC/C(C)=C/CC/C(C)=C/CC/C(C)=C/CC/C(C)=C/CC/C(C)=C/CC/C(C)=C/CC/C(C)=C/CC/C(C)=C/CC/C(C)=C/CC/C(C)=C/CC1=C(C)C(=O)C(CO)=C(CO)C1=O. The highest BCUT2D eigenvalue weighted by Gasteiger charge is 2.30. The van der Waals surface area contributed by atoms with Gasteiger partial charge in [0.25, 0.3) is 0 Å². The number of aliphatic hydroxyl groups excluding tert-OH is 2. The van der Waals surface area contributed by atoms with E-state index in [-0.39, 0.29) is 22.7 Å². The molecule has 0 saturated carbocycles. The fraction of sp³-hybridized carbons (Fsp3) is 0.567. The first-order valence-corrected chi connectivity index (χ1v) is 24.8. The van der Waals surface area contributed by atoms with E-state index in [0.717, 1.165) is 108 Å². The monoisotopic (exact) mass is 877 g/mol. The molecule has 0 aromatic heterocycles. The molecular weight excluding hydrogens is 785 g/mol. The highest BCUT2D eigenvalue weighted by atomic mass is 16.3. The Morgan fingerprint density at radius 3 is 0.797 bits per heavy atom. The minimum Gasteiger partial charge on any atom is -0.392 e. The Labute approximate surface area is 393 Å². The van der Waals surface area contributed by atoms with Gasteiger partial charge in [0.15, 0.2) is 11.6 Å². The number of Topliss-reactive ketones (excluding diaryl/α,β-unsaturated/α-hetero) is 2. The molecule has 0 spiro atoms. The zero-order valence-corrected chi connectivity index (χ0v) is 43.0. The molecule has 0 radical (unpaired) electrons. The van der Waals surface area contributed by atoms with Crippen LogP contribution in [0, 0.1) is 0 Å². The van der Waals surface area contributed by atoms with Crippen LogP contribution in [-0.4, -0.2) is 35.0 Å². The molecule has 0 bridgehead atoms. The van der Waals surface area contributed by atoms with Gasteiger partial charge in [-0.15, -0.1) is 0 Å². The van der Waals surface area contributed by atoms with Crippen molar-refractivity contribution in [2.24, 2.45) is 0 Å². The lowest BCUT2D eigenvalue weighted by Crippen LogP contribution is -2.26. The largest absolute Gasteiger partial charge is 0.392 e. The molecule has 1 rings (SSSR count). The summed E-state index contributed by atoms with van der Waals surface area (Å²) in [7, 11) is 0. The van der Waals surface area contributed by atoms with Gasteiger partial charge in [0.2, 0.25) is 0 Å². The first-order valence-electron chi connectivity index (χ1n) is 24.8. The van der Waals surface area contributed by atoms with Gasteiger partial charge in [-0.05, 0) is 205 Å². The fourth-order valence-corrected chi connectivity index (χ4v) is 7.83. The summed E-state index contributed by atoms with van der Waals surface area (Å²) in [4.78, 5) is 25.4. The van der Waals surface area contributed by atoms with Crippen molar-refractivity contribution >= 4 is 11.6 Å². The molecule has 1 aliphatic rings. The van der Waals surface area contributed by atoms with Crippen LogP contribution in [0.15, 0.2) is 139 Å². The Bertz CT molecular complexity index is 1870. The number of hydrogen-bond donors (Lipinski definition) is 2. The second-order valence-electron chi connectivity index (χ2n) is 18.9. The summed E-state index contributed by atoms with van der Waals surface area (Å²) in [5.74, 6) is -0.678. The van der Waals surface area contributed by atoms with Crippen molar-refractivity contribution in [2.45, 2.75) is 212 Å². The van der Waals surface area contributed by atoms with Crippen LogP contribution < -0.4 is 0 Å². The van der Waals surface area contributed by atoms with E-state index in [0.29, 0.717) is 17.6 Å². The van der Waals surface area contributed by atoms with Gasteiger partial charge < -0.3 is 10.2 Å². The third kappa shape index (κ3) is 26.2. The predicted octanol–water partition coefficient (Wildman–Crippen LogP) is 17.0. The van der Waals surface area contributed by atoms with Gasteiger partial charge in [-0.1, -0.05) is 123 Å². The number of rotatable bonds is 32. The van der Waals surface area contributed by atoms with Gasteiger partial charge in [0.05, 0.1) is 13.2 Å².